The Hall–Kier alpha value is -1.06. The summed E-state index contributed by atoms with van der Waals surface area (Å²) in [6.07, 6.45) is 0. The van der Waals surface area contributed by atoms with Crippen LogP contribution in [0.2, 0.25) is 0 Å². The lowest BCUT2D eigenvalue weighted by Crippen LogP contribution is -2.44. The van der Waals surface area contributed by atoms with Crippen LogP contribution in [0, 0.1) is 5.41 Å². The number of hydrogen-bond acceptors (Lipinski definition) is 3. The molecule has 13 heavy (non-hydrogen) atoms. The van der Waals surface area contributed by atoms with Crippen LogP contribution >= 0.6 is 0 Å². The molecule has 0 fully saturated rings. The molecular weight excluding hydrogens is 170 g/mol. The number of amides is 1. The predicted octanol–water partition coefficient (Wildman–Crippen LogP) is 0.710. The molecule has 0 aromatic heterocycles. The van der Waals surface area contributed by atoms with Crippen LogP contribution in [0.5, 0.6) is 0 Å². The second-order valence-electron chi connectivity index (χ2n) is 3.97. The van der Waals surface area contributed by atoms with E-state index in [1.165, 1.54) is 7.11 Å². The summed E-state index contributed by atoms with van der Waals surface area (Å²) in [7, 11) is 1.29. The fourth-order valence-corrected chi connectivity index (χ4v) is 0.649. The highest BCUT2D eigenvalue weighted by Crippen LogP contribution is 2.12. The van der Waals surface area contributed by atoms with Gasteiger partial charge in [0, 0.05) is 5.41 Å². The van der Waals surface area contributed by atoms with Crippen molar-refractivity contribution in [3.8, 4) is 0 Å². The summed E-state index contributed by atoms with van der Waals surface area (Å²) >= 11 is 0. The summed E-state index contributed by atoms with van der Waals surface area (Å²) in [5.74, 6) is -0.594. The number of nitrogens with one attached hydrogen (secondary N) is 1. The van der Waals surface area contributed by atoms with Crippen LogP contribution < -0.4 is 5.32 Å². The SMILES string of the molecule is COC(=O)[C@H](C)NC(=O)C(C)(C)C. The summed E-state index contributed by atoms with van der Waals surface area (Å²) in [5, 5.41) is 2.56. The normalized spacial score (nSPS) is 13.3. The molecule has 1 N–H and O–H groups in total. The van der Waals surface area contributed by atoms with Crippen LogP contribution in [-0.4, -0.2) is 25.0 Å². The molecule has 0 bridgehead atoms. The van der Waals surface area contributed by atoms with Gasteiger partial charge in [-0.05, 0) is 6.92 Å². The van der Waals surface area contributed by atoms with Crippen molar-refractivity contribution in [3.63, 3.8) is 0 Å². The Balaban J connectivity index is 4.15. The molecule has 0 aromatic rings. The summed E-state index contributed by atoms with van der Waals surface area (Å²) in [6, 6.07) is -0.586. The molecule has 76 valence electrons. The topological polar surface area (TPSA) is 55.4 Å². The summed E-state index contributed by atoms with van der Waals surface area (Å²) in [5.41, 5.74) is -0.484. The van der Waals surface area contributed by atoms with Crippen LogP contribution in [-0.2, 0) is 14.3 Å². The molecule has 0 heterocycles. The molecule has 0 aromatic carbocycles. The lowest BCUT2D eigenvalue weighted by Gasteiger charge is -2.20. The first-order valence-electron chi connectivity index (χ1n) is 4.18. The van der Waals surface area contributed by atoms with Gasteiger partial charge in [0.25, 0.3) is 0 Å². The molecule has 1 atom stereocenters. The molecular formula is C9H17NO3. The smallest absolute Gasteiger partial charge is 0.328 e. The monoisotopic (exact) mass is 187 g/mol. The van der Waals surface area contributed by atoms with Gasteiger partial charge in [-0.1, -0.05) is 20.8 Å². The van der Waals surface area contributed by atoms with E-state index < -0.39 is 17.4 Å². The maximum absolute atomic E-state index is 11.4. The molecule has 0 saturated heterocycles. The molecule has 0 aliphatic carbocycles. The molecule has 4 nitrogen and oxygen atoms in total. The van der Waals surface area contributed by atoms with Crippen molar-refractivity contribution in [2.45, 2.75) is 33.7 Å². The van der Waals surface area contributed by atoms with E-state index in [-0.39, 0.29) is 5.91 Å². The Bertz CT molecular complexity index is 205. The van der Waals surface area contributed by atoms with Gasteiger partial charge in [-0.25, -0.2) is 4.79 Å². The fourth-order valence-electron chi connectivity index (χ4n) is 0.649. The van der Waals surface area contributed by atoms with Gasteiger partial charge in [0.2, 0.25) is 5.91 Å². The summed E-state index contributed by atoms with van der Waals surface area (Å²) < 4.78 is 4.47. The molecule has 1 amide bonds. The highest BCUT2D eigenvalue weighted by molar-refractivity contribution is 5.86. The number of methoxy groups -OCH3 is 1. The Morgan fingerprint density at radius 1 is 1.31 bits per heavy atom. The van der Waals surface area contributed by atoms with Crippen LogP contribution in [0.3, 0.4) is 0 Å². The van der Waals surface area contributed by atoms with E-state index in [1.54, 1.807) is 27.7 Å². The van der Waals surface area contributed by atoms with E-state index in [2.05, 4.69) is 10.1 Å². The predicted molar refractivity (Wildman–Crippen MR) is 49.1 cm³/mol. The Morgan fingerprint density at radius 3 is 2.08 bits per heavy atom. The van der Waals surface area contributed by atoms with Gasteiger partial charge in [0.1, 0.15) is 6.04 Å². The van der Waals surface area contributed by atoms with Gasteiger partial charge in [0.15, 0.2) is 0 Å². The zero-order chi connectivity index (χ0) is 10.6. The third kappa shape index (κ3) is 3.92. The van der Waals surface area contributed by atoms with Crippen LogP contribution in [0.25, 0.3) is 0 Å². The zero-order valence-corrected chi connectivity index (χ0v) is 8.80. The van der Waals surface area contributed by atoms with E-state index in [1.807, 2.05) is 0 Å². The van der Waals surface area contributed by atoms with Gasteiger partial charge in [0.05, 0.1) is 7.11 Å². The van der Waals surface area contributed by atoms with E-state index >= 15 is 0 Å². The van der Waals surface area contributed by atoms with Crippen LogP contribution in [0.15, 0.2) is 0 Å². The van der Waals surface area contributed by atoms with Gasteiger partial charge >= 0.3 is 5.97 Å². The second kappa shape index (κ2) is 4.25. The minimum Gasteiger partial charge on any atom is -0.467 e. The maximum Gasteiger partial charge on any atom is 0.328 e. The van der Waals surface area contributed by atoms with Gasteiger partial charge < -0.3 is 10.1 Å². The molecule has 0 spiro atoms. The average Bonchev–Trinajstić information content (AvgIpc) is 2.01. The molecule has 0 radical (unpaired) electrons. The second-order valence-corrected chi connectivity index (χ2v) is 3.97. The van der Waals surface area contributed by atoms with E-state index in [0.717, 1.165) is 0 Å². The van der Waals surface area contributed by atoms with E-state index in [0.29, 0.717) is 0 Å². The van der Waals surface area contributed by atoms with Crippen molar-refractivity contribution < 1.29 is 14.3 Å². The van der Waals surface area contributed by atoms with Crippen molar-refractivity contribution in [2.24, 2.45) is 5.41 Å². The third-order valence-corrected chi connectivity index (χ3v) is 1.58. The zero-order valence-electron chi connectivity index (χ0n) is 8.80. The third-order valence-electron chi connectivity index (χ3n) is 1.58. The van der Waals surface area contributed by atoms with Crippen molar-refractivity contribution in [1.82, 2.24) is 5.32 Å². The standard InChI is InChI=1S/C9H17NO3/c1-6(7(11)13-5)10-8(12)9(2,3)4/h6H,1-5H3,(H,10,12)/t6-/m0/s1. The first-order valence-corrected chi connectivity index (χ1v) is 4.18. The average molecular weight is 187 g/mol. The Morgan fingerprint density at radius 2 is 1.77 bits per heavy atom. The Labute approximate surface area is 78.6 Å². The van der Waals surface area contributed by atoms with Gasteiger partial charge in [-0.3, -0.25) is 4.79 Å². The van der Waals surface area contributed by atoms with Crippen molar-refractivity contribution in [1.29, 1.82) is 0 Å². The lowest BCUT2D eigenvalue weighted by molar-refractivity contribution is -0.145. The minimum absolute atomic E-state index is 0.162. The Kier molecular flexibility index (Phi) is 3.91. The fraction of sp³-hybridized carbons (Fsp3) is 0.778. The highest BCUT2D eigenvalue weighted by Gasteiger charge is 2.25. The lowest BCUT2D eigenvalue weighted by atomic mass is 9.95. The molecule has 0 aliphatic heterocycles. The summed E-state index contributed by atoms with van der Waals surface area (Å²) in [4.78, 5) is 22.3. The molecule has 0 unspecified atom stereocenters. The highest BCUT2D eigenvalue weighted by atomic mass is 16.5. The van der Waals surface area contributed by atoms with Gasteiger partial charge in [-0.15, -0.1) is 0 Å². The quantitative estimate of drug-likeness (QED) is 0.648. The van der Waals surface area contributed by atoms with E-state index in [9.17, 15) is 9.59 Å². The van der Waals surface area contributed by atoms with Crippen LogP contribution in [0.1, 0.15) is 27.7 Å². The maximum atomic E-state index is 11.4. The first-order chi connectivity index (χ1) is 5.79. The van der Waals surface area contributed by atoms with Crippen molar-refractivity contribution in [3.05, 3.63) is 0 Å². The molecule has 0 saturated carbocycles. The summed E-state index contributed by atoms with van der Waals surface area (Å²) in [6.45, 7) is 6.94. The van der Waals surface area contributed by atoms with Gasteiger partial charge in [-0.2, -0.15) is 0 Å². The largest absolute Gasteiger partial charge is 0.467 e. The number of carbonyl (C=O) groups is 2. The van der Waals surface area contributed by atoms with Crippen LogP contribution in [0.4, 0.5) is 0 Å². The molecule has 4 heteroatoms. The first kappa shape index (κ1) is 11.9. The van der Waals surface area contributed by atoms with Crippen molar-refractivity contribution >= 4 is 11.9 Å². The number of hydrogen-bond donors (Lipinski definition) is 1. The number of esters is 1. The number of carbonyl (C=O) groups excluding carboxylic acids is 2. The number of ether oxygens (including phenoxy) is 1. The number of rotatable bonds is 2. The molecule has 0 rings (SSSR count). The van der Waals surface area contributed by atoms with E-state index in [4.69, 9.17) is 0 Å². The minimum atomic E-state index is -0.586. The van der Waals surface area contributed by atoms with Crippen molar-refractivity contribution in [2.75, 3.05) is 7.11 Å². The molecule has 0 aliphatic rings.